The molecule has 8 heteroatoms. The fourth-order valence-corrected chi connectivity index (χ4v) is 2.80. The van der Waals surface area contributed by atoms with Gasteiger partial charge in [-0.05, 0) is 18.9 Å². The van der Waals surface area contributed by atoms with Crippen LogP contribution in [0.1, 0.15) is 34.2 Å². The highest BCUT2D eigenvalue weighted by Crippen LogP contribution is 2.23. The van der Waals surface area contributed by atoms with Crippen LogP contribution in [-0.2, 0) is 11.3 Å². The Morgan fingerprint density at radius 1 is 1.33 bits per heavy atom. The van der Waals surface area contributed by atoms with E-state index in [9.17, 15) is 9.59 Å². The van der Waals surface area contributed by atoms with Crippen molar-refractivity contribution in [3.63, 3.8) is 0 Å². The molecule has 1 saturated heterocycles. The van der Waals surface area contributed by atoms with Crippen molar-refractivity contribution >= 4 is 12.1 Å². The lowest BCUT2D eigenvalue weighted by Crippen LogP contribution is -2.30. The van der Waals surface area contributed by atoms with Gasteiger partial charge in [0.1, 0.15) is 6.61 Å². The Balaban J connectivity index is 1.59. The van der Waals surface area contributed by atoms with E-state index >= 15 is 0 Å². The summed E-state index contributed by atoms with van der Waals surface area (Å²) in [6.07, 6.45) is 0.307. The molecule has 126 valence electrons. The van der Waals surface area contributed by atoms with Crippen LogP contribution in [0.5, 0.6) is 0 Å². The predicted molar refractivity (Wildman–Crippen MR) is 83.6 cm³/mol. The minimum absolute atomic E-state index is 0.0555. The van der Waals surface area contributed by atoms with E-state index in [4.69, 9.17) is 9.84 Å². The maximum atomic E-state index is 12.2. The van der Waals surface area contributed by atoms with Gasteiger partial charge < -0.3 is 14.7 Å². The van der Waals surface area contributed by atoms with Gasteiger partial charge >= 0.3 is 12.1 Å². The second kappa shape index (κ2) is 6.69. The first-order valence-corrected chi connectivity index (χ1v) is 7.67. The van der Waals surface area contributed by atoms with Gasteiger partial charge in [0.15, 0.2) is 5.69 Å². The van der Waals surface area contributed by atoms with E-state index in [0.29, 0.717) is 25.2 Å². The van der Waals surface area contributed by atoms with E-state index in [-0.39, 0.29) is 24.4 Å². The van der Waals surface area contributed by atoms with Gasteiger partial charge in [-0.3, -0.25) is 0 Å². The minimum Gasteiger partial charge on any atom is -0.476 e. The normalized spacial score (nSPS) is 17.0. The second-order valence-corrected chi connectivity index (χ2v) is 5.70. The van der Waals surface area contributed by atoms with E-state index in [1.165, 1.54) is 0 Å². The Morgan fingerprint density at radius 3 is 2.75 bits per heavy atom. The molecule has 1 amide bonds. The number of hydrogen-bond donors (Lipinski definition) is 1. The Morgan fingerprint density at radius 2 is 2.08 bits per heavy atom. The van der Waals surface area contributed by atoms with Crippen molar-refractivity contribution in [1.29, 1.82) is 0 Å². The lowest BCUT2D eigenvalue weighted by Gasteiger charge is -2.17. The molecule has 24 heavy (non-hydrogen) atoms. The van der Waals surface area contributed by atoms with Crippen molar-refractivity contribution in [1.82, 2.24) is 19.9 Å². The molecule has 0 spiro atoms. The summed E-state index contributed by atoms with van der Waals surface area (Å²) in [5.74, 6) is -1.10. The van der Waals surface area contributed by atoms with Crippen molar-refractivity contribution in [2.24, 2.45) is 0 Å². The number of amides is 1. The Hall–Kier alpha value is -2.90. The van der Waals surface area contributed by atoms with E-state index in [1.54, 1.807) is 16.5 Å². The molecule has 1 N–H and O–H groups in total. The van der Waals surface area contributed by atoms with Crippen LogP contribution in [0.4, 0.5) is 4.79 Å². The molecule has 0 saturated carbocycles. The van der Waals surface area contributed by atoms with Gasteiger partial charge in [0.05, 0.1) is 11.7 Å². The van der Waals surface area contributed by atoms with E-state index in [1.807, 2.05) is 30.3 Å². The minimum atomic E-state index is -1.10. The average molecular weight is 330 g/mol. The summed E-state index contributed by atoms with van der Waals surface area (Å²) in [4.78, 5) is 24.8. The SMILES string of the molecule is Cc1c(C(=O)O)nnn1C1CCN(C(=O)OCc2ccccc2)C1. The summed E-state index contributed by atoms with van der Waals surface area (Å²) in [6, 6.07) is 9.39. The number of carbonyl (C=O) groups excluding carboxylic acids is 1. The number of carboxylic acids is 1. The average Bonchev–Trinajstić information content (AvgIpc) is 3.20. The highest BCUT2D eigenvalue weighted by atomic mass is 16.6. The van der Waals surface area contributed by atoms with E-state index in [0.717, 1.165) is 5.56 Å². The number of rotatable bonds is 4. The molecule has 1 aromatic heterocycles. The van der Waals surface area contributed by atoms with Crippen LogP contribution in [-0.4, -0.2) is 50.2 Å². The molecular formula is C16H18N4O4. The molecule has 0 aliphatic carbocycles. The number of benzene rings is 1. The Bertz CT molecular complexity index is 744. The number of carbonyl (C=O) groups is 2. The molecule has 8 nitrogen and oxygen atoms in total. The third-order valence-electron chi connectivity index (χ3n) is 4.10. The quantitative estimate of drug-likeness (QED) is 0.919. The molecule has 2 heterocycles. The van der Waals surface area contributed by atoms with Gasteiger partial charge in [-0.25, -0.2) is 14.3 Å². The smallest absolute Gasteiger partial charge is 0.410 e. The van der Waals surface area contributed by atoms with Gasteiger partial charge in [-0.1, -0.05) is 35.5 Å². The highest BCUT2D eigenvalue weighted by Gasteiger charge is 2.31. The van der Waals surface area contributed by atoms with Crippen LogP contribution >= 0.6 is 0 Å². The molecule has 1 aliphatic heterocycles. The first kappa shape index (κ1) is 16.0. The molecule has 3 rings (SSSR count). The predicted octanol–water partition coefficient (Wildman–Crippen LogP) is 1.87. The summed E-state index contributed by atoms with van der Waals surface area (Å²) in [5, 5.41) is 16.6. The number of likely N-dealkylation sites (tertiary alicyclic amines) is 1. The lowest BCUT2D eigenvalue weighted by atomic mass is 10.2. The van der Waals surface area contributed by atoms with Crippen LogP contribution in [0.3, 0.4) is 0 Å². The molecule has 1 aliphatic rings. The first-order chi connectivity index (χ1) is 11.6. The summed E-state index contributed by atoms with van der Waals surface area (Å²) in [5.41, 5.74) is 1.37. The first-order valence-electron chi connectivity index (χ1n) is 7.67. The maximum absolute atomic E-state index is 12.2. The number of aromatic nitrogens is 3. The summed E-state index contributed by atoms with van der Waals surface area (Å²) in [7, 11) is 0. The van der Waals surface area contributed by atoms with Gasteiger partial charge in [-0.15, -0.1) is 5.10 Å². The number of nitrogens with zero attached hydrogens (tertiary/aromatic N) is 4. The fourth-order valence-electron chi connectivity index (χ4n) is 2.80. The van der Waals surface area contributed by atoms with Crippen molar-refractivity contribution in [3.05, 3.63) is 47.3 Å². The van der Waals surface area contributed by atoms with Gasteiger partial charge in [-0.2, -0.15) is 0 Å². The van der Waals surface area contributed by atoms with Crippen molar-refractivity contribution in [3.8, 4) is 0 Å². The van der Waals surface area contributed by atoms with Crippen molar-refractivity contribution < 1.29 is 19.4 Å². The zero-order valence-corrected chi connectivity index (χ0v) is 13.3. The Kier molecular flexibility index (Phi) is 4.45. The van der Waals surface area contributed by atoms with Crippen LogP contribution < -0.4 is 0 Å². The Labute approximate surface area is 138 Å². The molecule has 0 bridgehead atoms. The third-order valence-corrected chi connectivity index (χ3v) is 4.10. The van der Waals surface area contributed by atoms with Gasteiger partial charge in [0.25, 0.3) is 0 Å². The molecule has 1 atom stereocenters. The highest BCUT2D eigenvalue weighted by molar-refractivity contribution is 5.86. The van der Waals surface area contributed by atoms with Crippen LogP contribution in [0, 0.1) is 6.92 Å². The molecule has 1 unspecified atom stereocenters. The number of hydrogen-bond acceptors (Lipinski definition) is 5. The van der Waals surface area contributed by atoms with Crippen LogP contribution in [0.25, 0.3) is 0 Å². The zero-order chi connectivity index (χ0) is 17.1. The van der Waals surface area contributed by atoms with E-state index in [2.05, 4.69) is 10.3 Å². The van der Waals surface area contributed by atoms with Crippen molar-refractivity contribution in [2.75, 3.05) is 13.1 Å². The van der Waals surface area contributed by atoms with Crippen LogP contribution in [0.15, 0.2) is 30.3 Å². The van der Waals surface area contributed by atoms with Gasteiger partial charge in [0, 0.05) is 13.1 Å². The van der Waals surface area contributed by atoms with E-state index < -0.39 is 5.97 Å². The fraction of sp³-hybridized carbons (Fsp3) is 0.375. The summed E-state index contributed by atoms with van der Waals surface area (Å²) < 4.78 is 6.89. The standard InChI is InChI=1S/C16H18N4O4/c1-11-14(15(21)22)17-18-20(11)13-7-8-19(9-13)16(23)24-10-12-5-3-2-4-6-12/h2-6,13H,7-10H2,1H3,(H,21,22). The second-order valence-electron chi connectivity index (χ2n) is 5.70. The largest absolute Gasteiger partial charge is 0.476 e. The monoisotopic (exact) mass is 330 g/mol. The third kappa shape index (κ3) is 3.22. The topological polar surface area (TPSA) is 97.5 Å². The number of aromatic carboxylic acids is 1. The van der Waals surface area contributed by atoms with Crippen LogP contribution in [0.2, 0.25) is 0 Å². The lowest BCUT2D eigenvalue weighted by molar-refractivity contribution is 0.0689. The zero-order valence-electron chi connectivity index (χ0n) is 13.3. The van der Waals surface area contributed by atoms with Crippen molar-refractivity contribution in [2.45, 2.75) is 26.0 Å². The number of ether oxygens (including phenoxy) is 1. The maximum Gasteiger partial charge on any atom is 0.410 e. The molecule has 0 radical (unpaired) electrons. The van der Waals surface area contributed by atoms with Gasteiger partial charge in [0.2, 0.25) is 0 Å². The summed E-state index contributed by atoms with van der Waals surface area (Å²) in [6.45, 7) is 2.86. The number of carboxylic acid groups (broad SMARTS) is 1. The molecule has 1 aromatic carbocycles. The molecular weight excluding hydrogens is 312 g/mol. The molecule has 1 fully saturated rings. The summed E-state index contributed by atoms with van der Waals surface area (Å²) >= 11 is 0. The molecule has 2 aromatic rings.